The minimum atomic E-state index is -0.0413. The number of ether oxygens (including phenoxy) is 1. The van der Waals surface area contributed by atoms with Gasteiger partial charge in [0.2, 0.25) is 11.8 Å². The Bertz CT molecular complexity index is 640. The lowest BCUT2D eigenvalue weighted by molar-refractivity contribution is -0.119. The second-order valence-electron chi connectivity index (χ2n) is 5.49. The third kappa shape index (κ3) is 4.99. The van der Waals surface area contributed by atoms with Crippen molar-refractivity contribution in [3.8, 4) is 17.2 Å². The van der Waals surface area contributed by atoms with Gasteiger partial charge < -0.3 is 14.5 Å². The summed E-state index contributed by atoms with van der Waals surface area (Å²) in [7, 11) is 1.61. The van der Waals surface area contributed by atoms with Crippen molar-refractivity contribution in [1.82, 2.24) is 15.5 Å². The van der Waals surface area contributed by atoms with E-state index in [1.807, 2.05) is 31.2 Å². The predicted molar refractivity (Wildman–Crippen MR) is 89.5 cm³/mol. The molecule has 2 rings (SSSR count). The summed E-state index contributed by atoms with van der Waals surface area (Å²) in [5.41, 5.74) is 0.808. The summed E-state index contributed by atoms with van der Waals surface area (Å²) in [6.07, 6.45) is 0. The van der Waals surface area contributed by atoms with E-state index in [0.29, 0.717) is 17.0 Å². The Hall–Kier alpha value is -2.02. The van der Waals surface area contributed by atoms with Crippen LogP contribution < -0.4 is 10.1 Å². The van der Waals surface area contributed by atoms with Gasteiger partial charge in [-0.05, 0) is 37.1 Å². The van der Waals surface area contributed by atoms with Crippen LogP contribution >= 0.6 is 11.8 Å². The summed E-state index contributed by atoms with van der Waals surface area (Å²) in [6.45, 7) is 6.12. The Kier molecular flexibility index (Phi) is 6.04. The van der Waals surface area contributed by atoms with E-state index in [9.17, 15) is 4.79 Å². The lowest BCUT2D eigenvalue weighted by Gasteiger charge is -2.16. The van der Waals surface area contributed by atoms with E-state index >= 15 is 0 Å². The third-order valence-electron chi connectivity index (χ3n) is 3.46. The molecule has 1 heterocycles. The van der Waals surface area contributed by atoms with Crippen molar-refractivity contribution in [2.75, 3.05) is 12.9 Å². The topological polar surface area (TPSA) is 77.2 Å². The van der Waals surface area contributed by atoms with Gasteiger partial charge >= 0.3 is 0 Å². The standard InChI is InChI=1S/C16H21N3O3S/c1-10(2)11(3)17-14(20)9-23-16-19-18-15(22-16)12-5-7-13(21-4)8-6-12/h5-8,10-11H,9H2,1-4H3,(H,17,20)/t11-/m0/s1. The van der Waals surface area contributed by atoms with Crippen molar-refractivity contribution in [2.45, 2.75) is 32.0 Å². The van der Waals surface area contributed by atoms with E-state index in [0.717, 1.165) is 11.3 Å². The van der Waals surface area contributed by atoms with E-state index in [-0.39, 0.29) is 17.7 Å². The lowest BCUT2D eigenvalue weighted by Crippen LogP contribution is -2.37. The molecule has 23 heavy (non-hydrogen) atoms. The molecule has 0 aliphatic carbocycles. The SMILES string of the molecule is COc1ccc(-c2nnc(SCC(=O)N[C@@H](C)C(C)C)o2)cc1. The first kappa shape index (κ1) is 17.3. The molecule has 0 spiro atoms. The maximum Gasteiger partial charge on any atom is 0.277 e. The van der Waals surface area contributed by atoms with Gasteiger partial charge in [-0.2, -0.15) is 0 Å². The second-order valence-corrected chi connectivity index (χ2v) is 6.42. The van der Waals surface area contributed by atoms with Gasteiger partial charge in [0.25, 0.3) is 5.22 Å². The van der Waals surface area contributed by atoms with Crippen LogP contribution in [0, 0.1) is 5.92 Å². The largest absolute Gasteiger partial charge is 0.497 e. The van der Waals surface area contributed by atoms with Gasteiger partial charge in [-0.1, -0.05) is 25.6 Å². The van der Waals surface area contributed by atoms with E-state index in [2.05, 4.69) is 29.4 Å². The minimum Gasteiger partial charge on any atom is -0.497 e. The molecule has 0 fully saturated rings. The van der Waals surface area contributed by atoms with Gasteiger partial charge in [-0.25, -0.2) is 0 Å². The maximum atomic E-state index is 11.8. The Morgan fingerprint density at radius 3 is 2.57 bits per heavy atom. The molecule has 0 aliphatic rings. The number of thioether (sulfide) groups is 1. The number of carbonyl (C=O) groups is 1. The van der Waals surface area contributed by atoms with Crippen molar-refractivity contribution in [1.29, 1.82) is 0 Å². The quantitative estimate of drug-likeness (QED) is 0.784. The van der Waals surface area contributed by atoms with Crippen LogP contribution in [0.2, 0.25) is 0 Å². The molecule has 7 heteroatoms. The third-order valence-corrected chi connectivity index (χ3v) is 4.28. The first-order valence-electron chi connectivity index (χ1n) is 7.39. The molecule has 0 radical (unpaired) electrons. The molecule has 0 unspecified atom stereocenters. The zero-order chi connectivity index (χ0) is 16.8. The Balaban J connectivity index is 1.90. The number of methoxy groups -OCH3 is 1. The molecule has 0 bridgehead atoms. The van der Waals surface area contributed by atoms with Crippen molar-refractivity contribution < 1.29 is 13.9 Å². The molecule has 1 atom stereocenters. The van der Waals surface area contributed by atoms with Crippen LogP contribution in [0.3, 0.4) is 0 Å². The van der Waals surface area contributed by atoms with E-state index in [4.69, 9.17) is 9.15 Å². The Labute approximate surface area is 140 Å². The molecule has 0 saturated heterocycles. The number of benzene rings is 1. The number of nitrogens with one attached hydrogen (secondary N) is 1. The van der Waals surface area contributed by atoms with Gasteiger partial charge in [0.05, 0.1) is 12.9 Å². The van der Waals surface area contributed by atoms with Crippen molar-refractivity contribution in [3.63, 3.8) is 0 Å². The maximum absolute atomic E-state index is 11.8. The molecule has 124 valence electrons. The average Bonchev–Trinajstić information content (AvgIpc) is 3.02. The number of carbonyl (C=O) groups excluding carboxylic acids is 1. The predicted octanol–water partition coefficient (Wildman–Crippen LogP) is 3.00. The van der Waals surface area contributed by atoms with Gasteiger partial charge in [-0.15, -0.1) is 10.2 Å². The summed E-state index contributed by atoms with van der Waals surface area (Å²) < 4.78 is 10.7. The molecule has 1 N–H and O–H groups in total. The van der Waals surface area contributed by atoms with E-state index < -0.39 is 0 Å². The Morgan fingerprint density at radius 1 is 1.26 bits per heavy atom. The Morgan fingerprint density at radius 2 is 1.96 bits per heavy atom. The molecule has 1 aromatic heterocycles. The molecule has 0 aliphatic heterocycles. The van der Waals surface area contributed by atoms with Gasteiger partial charge in [0, 0.05) is 11.6 Å². The van der Waals surface area contributed by atoms with Crippen LogP contribution in [0.5, 0.6) is 5.75 Å². The highest BCUT2D eigenvalue weighted by molar-refractivity contribution is 7.99. The monoisotopic (exact) mass is 335 g/mol. The molecule has 2 aromatic rings. The normalized spacial score (nSPS) is 12.2. The van der Waals surface area contributed by atoms with Crippen LogP contribution in [0.15, 0.2) is 33.9 Å². The molecular formula is C16H21N3O3S. The fraction of sp³-hybridized carbons (Fsp3) is 0.438. The molecule has 1 aromatic carbocycles. The number of rotatable bonds is 7. The summed E-state index contributed by atoms with van der Waals surface area (Å²) >= 11 is 1.23. The lowest BCUT2D eigenvalue weighted by atomic mass is 10.1. The van der Waals surface area contributed by atoms with E-state index in [1.165, 1.54) is 11.8 Å². The smallest absolute Gasteiger partial charge is 0.277 e. The molecule has 6 nitrogen and oxygen atoms in total. The van der Waals surface area contributed by atoms with Crippen molar-refractivity contribution in [2.24, 2.45) is 5.92 Å². The zero-order valence-corrected chi connectivity index (χ0v) is 14.5. The van der Waals surface area contributed by atoms with Crippen LogP contribution in [0.1, 0.15) is 20.8 Å². The molecular weight excluding hydrogens is 314 g/mol. The molecule has 0 saturated carbocycles. The first-order chi connectivity index (χ1) is 11.0. The summed E-state index contributed by atoms with van der Waals surface area (Å²) in [4.78, 5) is 11.8. The first-order valence-corrected chi connectivity index (χ1v) is 8.38. The second kappa shape index (κ2) is 8.01. The highest BCUT2D eigenvalue weighted by atomic mass is 32.2. The number of amides is 1. The highest BCUT2D eigenvalue weighted by Crippen LogP contribution is 2.24. The fourth-order valence-electron chi connectivity index (χ4n) is 1.71. The van der Waals surface area contributed by atoms with Crippen LogP contribution in [-0.4, -0.2) is 35.0 Å². The number of hydrogen-bond donors (Lipinski definition) is 1. The van der Waals surface area contributed by atoms with E-state index in [1.54, 1.807) is 7.11 Å². The summed E-state index contributed by atoms with van der Waals surface area (Å²) in [5.74, 6) is 1.79. The summed E-state index contributed by atoms with van der Waals surface area (Å²) in [5, 5.41) is 11.3. The fourth-order valence-corrected chi connectivity index (χ4v) is 2.28. The van der Waals surface area contributed by atoms with Crippen molar-refractivity contribution >= 4 is 17.7 Å². The number of hydrogen-bond acceptors (Lipinski definition) is 6. The number of nitrogens with zero attached hydrogens (tertiary/aromatic N) is 2. The minimum absolute atomic E-state index is 0.0413. The zero-order valence-electron chi connectivity index (χ0n) is 13.7. The summed E-state index contributed by atoms with van der Waals surface area (Å²) in [6, 6.07) is 7.48. The van der Waals surface area contributed by atoms with Gasteiger partial charge in [-0.3, -0.25) is 4.79 Å². The number of aromatic nitrogens is 2. The van der Waals surface area contributed by atoms with Crippen molar-refractivity contribution in [3.05, 3.63) is 24.3 Å². The average molecular weight is 335 g/mol. The molecule has 1 amide bonds. The van der Waals surface area contributed by atoms with Crippen LogP contribution in [0.25, 0.3) is 11.5 Å². The van der Waals surface area contributed by atoms with Gasteiger partial charge in [0.15, 0.2) is 0 Å². The van der Waals surface area contributed by atoms with Gasteiger partial charge in [0.1, 0.15) is 5.75 Å². The highest BCUT2D eigenvalue weighted by Gasteiger charge is 2.14. The van der Waals surface area contributed by atoms with Crippen LogP contribution in [-0.2, 0) is 4.79 Å². The van der Waals surface area contributed by atoms with Crippen LogP contribution in [0.4, 0.5) is 0 Å².